The highest BCUT2D eigenvalue weighted by Crippen LogP contribution is 2.72. The molecule has 1 N–H and O–H groups in total. The first-order chi connectivity index (χ1) is 18.3. The lowest BCUT2D eigenvalue weighted by atomic mass is 9.45. The number of nitrogens with zero attached hydrogens (tertiary/aromatic N) is 4. The van der Waals surface area contributed by atoms with Crippen LogP contribution in [0.4, 0.5) is 0 Å². The van der Waals surface area contributed by atoms with Crippen LogP contribution < -0.4 is 0 Å². The zero-order valence-electron chi connectivity index (χ0n) is 22.3. The van der Waals surface area contributed by atoms with Crippen LogP contribution in [0.25, 0.3) is 12.0 Å². The molecule has 9 nitrogen and oxygen atoms in total. The Morgan fingerprint density at radius 3 is 2.71 bits per heavy atom. The van der Waals surface area contributed by atoms with Crippen LogP contribution in [0.5, 0.6) is 0 Å². The average Bonchev–Trinajstić information content (AvgIpc) is 3.67. The van der Waals surface area contributed by atoms with Gasteiger partial charge in [-0.3, -0.25) is 0 Å². The van der Waals surface area contributed by atoms with Gasteiger partial charge in [0.25, 0.3) is 5.95 Å². The predicted octanol–water partition coefficient (Wildman–Crippen LogP) is 3.50. The third-order valence-corrected chi connectivity index (χ3v) is 11.5. The van der Waals surface area contributed by atoms with Crippen molar-refractivity contribution in [3.05, 3.63) is 41.5 Å². The van der Waals surface area contributed by atoms with Gasteiger partial charge in [-0.1, -0.05) is 26.3 Å². The monoisotopic (exact) mass is 520 g/mol. The lowest BCUT2D eigenvalue weighted by molar-refractivity contribution is -0.266. The number of hydrogen-bond acceptors (Lipinski definition) is 8. The molecule has 2 aliphatic heterocycles. The summed E-state index contributed by atoms with van der Waals surface area (Å²) in [6.45, 7) is 7.80. The number of aromatic nitrogens is 4. The minimum Gasteiger partial charge on any atom is -0.393 e. The Hall–Kier alpha value is -2.17. The van der Waals surface area contributed by atoms with Gasteiger partial charge in [0.05, 0.1) is 18.0 Å². The number of hydrogen-bond donors (Lipinski definition) is 1. The molecule has 8 rings (SSSR count). The number of rotatable bonds is 1. The first-order valence-corrected chi connectivity index (χ1v) is 14.1. The third-order valence-electron chi connectivity index (χ3n) is 11.5. The summed E-state index contributed by atoms with van der Waals surface area (Å²) < 4.78 is 26.6. The molecule has 0 bridgehead atoms. The molecule has 2 saturated heterocycles. The Bertz CT molecular complexity index is 1300. The lowest BCUT2D eigenvalue weighted by Gasteiger charge is -2.61. The van der Waals surface area contributed by atoms with Gasteiger partial charge in [0.2, 0.25) is 5.79 Å². The molecule has 0 amide bonds. The molecule has 202 valence electrons. The molecule has 9 atom stereocenters. The van der Waals surface area contributed by atoms with Gasteiger partial charge >= 0.3 is 0 Å². The second-order valence-electron chi connectivity index (χ2n) is 12.9. The van der Waals surface area contributed by atoms with Gasteiger partial charge in [0, 0.05) is 17.8 Å². The fourth-order valence-electron chi connectivity index (χ4n) is 10.3. The first-order valence-electron chi connectivity index (χ1n) is 14.1. The van der Waals surface area contributed by atoms with E-state index in [0.29, 0.717) is 30.8 Å². The van der Waals surface area contributed by atoms with Crippen molar-refractivity contribution < 1.29 is 24.1 Å². The minimum atomic E-state index is -0.889. The Morgan fingerprint density at radius 1 is 1.11 bits per heavy atom. The van der Waals surface area contributed by atoms with E-state index in [4.69, 9.17) is 18.9 Å². The summed E-state index contributed by atoms with van der Waals surface area (Å²) in [6, 6.07) is 1.82. The third kappa shape index (κ3) is 2.67. The van der Waals surface area contributed by atoms with Crippen LogP contribution >= 0.6 is 0 Å². The molecule has 4 aliphatic carbocycles. The molecule has 0 radical (unpaired) electrons. The molecule has 9 heteroatoms. The highest BCUT2D eigenvalue weighted by Gasteiger charge is 2.79. The number of fused-ring (bicyclic) bond motifs is 8. The first kappa shape index (κ1) is 23.7. The van der Waals surface area contributed by atoms with E-state index < -0.39 is 17.5 Å². The SMILES string of the molecule is C[C@@H]1C[C@H]2[C@@H]3CCC4=Cc5c(cnn5-c5ncccn5)C[C@]4(C)[C@H]3[C@@H](O)C[C@]2(C)[C@]12OCOC21COCO1. The Kier molecular flexibility index (Phi) is 4.82. The molecule has 3 saturated carbocycles. The van der Waals surface area contributed by atoms with Crippen molar-refractivity contribution in [1.29, 1.82) is 0 Å². The topological polar surface area (TPSA) is 101 Å². The molecule has 38 heavy (non-hydrogen) atoms. The van der Waals surface area contributed by atoms with Crippen molar-refractivity contribution in [2.24, 2.45) is 34.5 Å². The molecule has 1 unspecified atom stereocenters. The van der Waals surface area contributed by atoms with Crippen molar-refractivity contribution in [3.63, 3.8) is 0 Å². The van der Waals surface area contributed by atoms with E-state index in [1.165, 1.54) is 11.1 Å². The van der Waals surface area contributed by atoms with Crippen molar-refractivity contribution >= 4 is 6.08 Å². The minimum absolute atomic E-state index is 0.126. The quantitative estimate of drug-likeness (QED) is 0.610. The summed E-state index contributed by atoms with van der Waals surface area (Å²) in [5, 5.41) is 16.7. The van der Waals surface area contributed by atoms with E-state index in [0.717, 1.165) is 31.4 Å². The summed E-state index contributed by atoms with van der Waals surface area (Å²) >= 11 is 0. The van der Waals surface area contributed by atoms with Gasteiger partial charge in [-0.15, -0.1) is 0 Å². The Morgan fingerprint density at radius 2 is 1.92 bits per heavy atom. The van der Waals surface area contributed by atoms with E-state index in [2.05, 4.69) is 41.9 Å². The van der Waals surface area contributed by atoms with E-state index in [1.807, 2.05) is 16.9 Å². The zero-order chi connectivity index (χ0) is 25.9. The van der Waals surface area contributed by atoms with Crippen LogP contribution in [0, 0.1) is 34.5 Å². The van der Waals surface area contributed by atoms with Gasteiger partial charge in [0.1, 0.15) is 12.2 Å². The maximum Gasteiger partial charge on any atom is 0.251 e. The van der Waals surface area contributed by atoms with Crippen LogP contribution in [-0.2, 0) is 25.4 Å². The maximum atomic E-state index is 12.1. The Labute approximate surface area is 222 Å². The summed E-state index contributed by atoms with van der Waals surface area (Å²) in [6.07, 6.45) is 12.0. The number of aliphatic hydroxyl groups excluding tert-OH is 1. The predicted molar refractivity (Wildman–Crippen MR) is 136 cm³/mol. The van der Waals surface area contributed by atoms with Crippen molar-refractivity contribution in [1.82, 2.24) is 19.7 Å². The normalized spacial score (nSPS) is 47.1. The highest BCUT2D eigenvalue weighted by atomic mass is 16.9. The molecular weight excluding hydrogens is 484 g/mol. The largest absolute Gasteiger partial charge is 0.393 e. The molecule has 4 heterocycles. The maximum absolute atomic E-state index is 12.1. The fraction of sp³-hybridized carbons (Fsp3) is 0.690. The second kappa shape index (κ2) is 7.73. The van der Waals surface area contributed by atoms with Crippen molar-refractivity contribution in [3.8, 4) is 5.95 Å². The van der Waals surface area contributed by atoms with E-state index in [9.17, 15) is 5.11 Å². The molecule has 2 aromatic heterocycles. The van der Waals surface area contributed by atoms with Crippen molar-refractivity contribution in [2.45, 2.75) is 70.4 Å². The van der Waals surface area contributed by atoms with Gasteiger partial charge < -0.3 is 24.1 Å². The lowest BCUT2D eigenvalue weighted by Crippen LogP contribution is -2.67. The van der Waals surface area contributed by atoms with Crippen LogP contribution in [0.15, 0.2) is 30.2 Å². The van der Waals surface area contributed by atoms with E-state index in [-0.39, 0.29) is 36.3 Å². The van der Waals surface area contributed by atoms with Gasteiger partial charge in [0.15, 0.2) is 13.6 Å². The number of ether oxygens (including phenoxy) is 4. The van der Waals surface area contributed by atoms with Crippen molar-refractivity contribution in [2.75, 3.05) is 20.2 Å². The highest BCUT2D eigenvalue weighted by molar-refractivity contribution is 5.60. The summed E-state index contributed by atoms with van der Waals surface area (Å²) in [4.78, 5) is 8.85. The molecule has 6 aliphatic rings. The van der Waals surface area contributed by atoms with Gasteiger partial charge in [-0.2, -0.15) is 9.78 Å². The molecule has 5 fully saturated rings. The summed E-state index contributed by atoms with van der Waals surface area (Å²) in [5.74, 6) is 0.914. The van der Waals surface area contributed by atoms with Crippen LogP contribution in [0.1, 0.15) is 57.7 Å². The Balaban J connectivity index is 1.18. The van der Waals surface area contributed by atoms with Crippen LogP contribution in [0.3, 0.4) is 0 Å². The average molecular weight is 521 g/mol. The van der Waals surface area contributed by atoms with Crippen LogP contribution in [-0.4, -0.2) is 62.5 Å². The number of allylic oxidation sites excluding steroid dienone is 1. The number of aliphatic hydroxyl groups is 1. The van der Waals surface area contributed by atoms with Gasteiger partial charge in [-0.25, -0.2) is 9.97 Å². The van der Waals surface area contributed by atoms with E-state index >= 15 is 0 Å². The smallest absolute Gasteiger partial charge is 0.251 e. The summed E-state index contributed by atoms with van der Waals surface area (Å²) in [5.41, 5.74) is 2.66. The van der Waals surface area contributed by atoms with E-state index in [1.54, 1.807) is 12.4 Å². The molecular formula is C29H36N4O5. The zero-order valence-corrected chi connectivity index (χ0v) is 22.3. The molecule has 2 spiro atoms. The summed E-state index contributed by atoms with van der Waals surface area (Å²) in [7, 11) is 0. The molecule has 2 aromatic rings. The van der Waals surface area contributed by atoms with Gasteiger partial charge in [-0.05, 0) is 78.9 Å². The second-order valence-corrected chi connectivity index (χ2v) is 12.9. The standard InChI is InChI=1S/C29H36N4O5/c1-17-9-21-20-6-5-19-10-22-18(13-32-33(22)25-30-7-4-8-31-25)11-26(19,2)24(20)23(34)12-27(21,3)29(17)28(37-16-38-29)14-35-15-36-28/h4,7-8,10,13,17,20-21,23-24,34H,5-6,9,11-12,14-16H2,1-3H3/t17-,20+,21+,23+,24-,26+,27+,28?,29-/m1/s1. The fourth-order valence-corrected chi connectivity index (χ4v) is 10.3. The molecule has 0 aromatic carbocycles. The van der Waals surface area contributed by atoms with Crippen LogP contribution in [0.2, 0.25) is 0 Å².